The van der Waals surface area contributed by atoms with Gasteiger partial charge in [-0.2, -0.15) is 0 Å². The first kappa shape index (κ1) is 23.1. The smallest absolute Gasteiger partial charge is 0.338 e. The third kappa shape index (κ3) is 4.51. The van der Waals surface area contributed by atoms with Gasteiger partial charge in [0.05, 0.1) is 29.1 Å². The third-order valence-electron chi connectivity index (χ3n) is 6.14. The van der Waals surface area contributed by atoms with Gasteiger partial charge in [0.2, 0.25) is 0 Å². The molecule has 0 aliphatic heterocycles. The van der Waals surface area contributed by atoms with Crippen LogP contribution in [0.3, 0.4) is 0 Å². The summed E-state index contributed by atoms with van der Waals surface area (Å²) in [5, 5.41) is 11.9. The van der Waals surface area contributed by atoms with Crippen LogP contribution >= 0.6 is 0 Å². The molecule has 2 N–H and O–H groups in total. The van der Waals surface area contributed by atoms with E-state index in [4.69, 9.17) is 9.73 Å². The van der Waals surface area contributed by atoms with E-state index in [-0.39, 0.29) is 11.8 Å². The van der Waals surface area contributed by atoms with Crippen LogP contribution in [0.1, 0.15) is 34.0 Å². The highest BCUT2D eigenvalue weighted by molar-refractivity contribution is 6.22. The second kappa shape index (κ2) is 9.92. The van der Waals surface area contributed by atoms with Crippen molar-refractivity contribution in [1.29, 1.82) is 0 Å². The van der Waals surface area contributed by atoms with Gasteiger partial charge < -0.3 is 14.8 Å². The zero-order chi connectivity index (χ0) is 25.1. The van der Waals surface area contributed by atoms with Crippen molar-refractivity contribution < 1.29 is 14.6 Å². The maximum absolute atomic E-state index is 12.0. The number of aliphatic imine (C=N–C) groups is 1. The van der Waals surface area contributed by atoms with E-state index in [0.717, 1.165) is 27.6 Å². The number of carbonyl (C=O) groups is 1. The van der Waals surface area contributed by atoms with Gasteiger partial charge in [0.1, 0.15) is 0 Å². The molecule has 0 amide bonds. The standard InChI is InChI=1S/C31H26N2O3/c1-3-36-31(35)22-13-16-24(17-14-22)32-29(21-10-5-4-6-11-21)28-26-18-15-23(19-27(26)33-30(28)34)25-12-8-7-9-20(25)2/h4-19,33-34H,3H2,1-2H3. The lowest BCUT2D eigenvalue weighted by Gasteiger charge is -2.09. The predicted octanol–water partition coefficient (Wildman–Crippen LogP) is 7.19. The molecule has 0 aliphatic rings. The number of hydrogen-bond donors (Lipinski definition) is 2. The number of esters is 1. The number of nitrogens with zero attached hydrogens (tertiary/aromatic N) is 1. The molecule has 0 aliphatic carbocycles. The van der Waals surface area contributed by atoms with Crippen LogP contribution < -0.4 is 0 Å². The van der Waals surface area contributed by atoms with Crippen molar-refractivity contribution in [1.82, 2.24) is 4.98 Å². The van der Waals surface area contributed by atoms with Gasteiger partial charge in [0, 0.05) is 16.5 Å². The fourth-order valence-corrected chi connectivity index (χ4v) is 4.36. The highest BCUT2D eigenvalue weighted by Crippen LogP contribution is 2.34. The molecule has 5 rings (SSSR count). The van der Waals surface area contributed by atoms with Crippen molar-refractivity contribution in [3.8, 4) is 17.0 Å². The quantitative estimate of drug-likeness (QED) is 0.202. The minimum atomic E-state index is -0.366. The molecule has 0 saturated heterocycles. The number of aromatic nitrogens is 1. The predicted molar refractivity (Wildman–Crippen MR) is 144 cm³/mol. The summed E-state index contributed by atoms with van der Waals surface area (Å²) in [6.07, 6.45) is 0. The number of ether oxygens (including phenoxy) is 1. The minimum absolute atomic E-state index is 0.0534. The maximum Gasteiger partial charge on any atom is 0.338 e. The second-order valence-corrected chi connectivity index (χ2v) is 8.52. The molecule has 0 atom stereocenters. The molecule has 0 bridgehead atoms. The summed E-state index contributed by atoms with van der Waals surface area (Å²) in [4.78, 5) is 20.1. The Morgan fingerprint density at radius 2 is 1.61 bits per heavy atom. The molecular formula is C31H26N2O3. The van der Waals surface area contributed by atoms with Gasteiger partial charge in [-0.15, -0.1) is 0 Å². The molecule has 1 aromatic heterocycles. The lowest BCUT2D eigenvalue weighted by molar-refractivity contribution is 0.0526. The van der Waals surface area contributed by atoms with E-state index in [0.29, 0.717) is 29.1 Å². The van der Waals surface area contributed by atoms with E-state index in [9.17, 15) is 9.90 Å². The lowest BCUT2D eigenvalue weighted by atomic mass is 9.97. The lowest BCUT2D eigenvalue weighted by Crippen LogP contribution is -2.04. The van der Waals surface area contributed by atoms with Gasteiger partial charge in [-0.05, 0) is 60.9 Å². The van der Waals surface area contributed by atoms with Crippen LogP contribution in [-0.2, 0) is 4.74 Å². The first-order valence-corrected chi connectivity index (χ1v) is 11.9. The molecular weight excluding hydrogens is 448 g/mol. The maximum atomic E-state index is 12.0. The van der Waals surface area contributed by atoms with Crippen LogP contribution in [0.25, 0.3) is 22.0 Å². The van der Waals surface area contributed by atoms with Crippen molar-refractivity contribution in [3.05, 3.63) is 119 Å². The van der Waals surface area contributed by atoms with Gasteiger partial charge in [-0.1, -0.05) is 66.7 Å². The largest absolute Gasteiger partial charge is 0.494 e. The molecule has 5 heteroatoms. The number of fused-ring (bicyclic) bond motifs is 1. The van der Waals surface area contributed by atoms with Crippen LogP contribution in [0.4, 0.5) is 5.69 Å². The van der Waals surface area contributed by atoms with Crippen LogP contribution in [0.2, 0.25) is 0 Å². The summed E-state index contributed by atoms with van der Waals surface area (Å²) in [5.41, 5.74) is 7.48. The number of carbonyl (C=O) groups excluding carboxylic acids is 1. The van der Waals surface area contributed by atoms with Crippen molar-refractivity contribution >= 4 is 28.3 Å². The summed E-state index contributed by atoms with van der Waals surface area (Å²) in [6, 6.07) is 31.1. The van der Waals surface area contributed by atoms with Gasteiger partial charge in [-0.3, -0.25) is 0 Å². The van der Waals surface area contributed by atoms with E-state index < -0.39 is 0 Å². The first-order valence-electron chi connectivity index (χ1n) is 11.9. The number of H-pyrrole nitrogens is 1. The summed E-state index contributed by atoms with van der Waals surface area (Å²) in [5.74, 6) is -0.312. The molecule has 0 radical (unpaired) electrons. The number of nitrogens with one attached hydrogen (secondary N) is 1. The molecule has 0 unspecified atom stereocenters. The van der Waals surface area contributed by atoms with Crippen LogP contribution in [0.5, 0.6) is 5.88 Å². The SMILES string of the molecule is CCOC(=O)c1ccc(N=C(c2ccccc2)c2c(O)[nH]c3cc(-c4ccccc4C)ccc23)cc1. The van der Waals surface area contributed by atoms with Crippen LogP contribution in [0.15, 0.2) is 102 Å². The Morgan fingerprint density at radius 3 is 2.33 bits per heavy atom. The average Bonchev–Trinajstić information content (AvgIpc) is 3.23. The Kier molecular flexibility index (Phi) is 6.37. The van der Waals surface area contributed by atoms with Gasteiger partial charge in [-0.25, -0.2) is 9.79 Å². The van der Waals surface area contributed by atoms with E-state index >= 15 is 0 Å². The number of benzene rings is 4. The van der Waals surface area contributed by atoms with E-state index in [1.54, 1.807) is 31.2 Å². The Morgan fingerprint density at radius 1 is 0.889 bits per heavy atom. The Hall–Kier alpha value is -4.64. The highest BCUT2D eigenvalue weighted by Gasteiger charge is 2.19. The zero-order valence-corrected chi connectivity index (χ0v) is 20.2. The zero-order valence-electron chi connectivity index (χ0n) is 20.2. The normalized spacial score (nSPS) is 11.6. The first-order chi connectivity index (χ1) is 17.5. The Balaban J connectivity index is 1.63. The average molecular weight is 475 g/mol. The van der Waals surface area contributed by atoms with Crippen molar-refractivity contribution in [2.75, 3.05) is 6.61 Å². The number of rotatable bonds is 6. The monoisotopic (exact) mass is 474 g/mol. The second-order valence-electron chi connectivity index (χ2n) is 8.52. The Bertz CT molecular complexity index is 1570. The number of aromatic hydroxyl groups is 1. The van der Waals surface area contributed by atoms with Gasteiger partial charge >= 0.3 is 5.97 Å². The summed E-state index contributed by atoms with van der Waals surface area (Å²) < 4.78 is 5.08. The molecule has 0 fully saturated rings. The van der Waals surface area contributed by atoms with E-state index in [1.807, 2.05) is 48.5 Å². The molecule has 5 nitrogen and oxygen atoms in total. The number of hydrogen-bond acceptors (Lipinski definition) is 4. The topological polar surface area (TPSA) is 74.7 Å². The third-order valence-corrected chi connectivity index (χ3v) is 6.14. The van der Waals surface area contributed by atoms with Crippen LogP contribution in [-0.4, -0.2) is 28.4 Å². The molecule has 4 aromatic carbocycles. The number of aromatic amines is 1. The fourth-order valence-electron chi connectivity index (χ4n) is 4.36. The van der Waals surface area contributed by atoms with Gasteiger partial charge in [0.25, 0.3) is 0 Å². The molecule has 36 heavy (non-hydrogen) atoms. The van der Waals surface area contributed by atoms with Gasteiger partial charge in [0.15, 0.2) is 5.88 Å². The fraction of sp³-hybridized carbons (Fsp3) is 0.0968. The Labute approximate surface area is 209 Å². The molecule has 0 saturated carbocycles. The van der Waals surface area contributed by atoms with Crippen molar-refractivity contribution in [3.63, 3.8) is 0 Å². The highest BCUT2D eigenvalue weighted by atomic mass is 16.5. The van der Waals surface area contributed by atoms with Crippen LogP contribution in [0, 0.1) is 6.92 Å². The number of aryl methyl sites for hydroxylation is 1. The van der Waals surface area contributed by atoms with Crippen molar-refractivity contribution in [2.24, 2.45) is 4.99 Å². The molecule has 5 aromatic rings. The summed E-state index contributed by atoms with van der Waals surface area (Å²) in [7, 11) is 0. The van der Waals surface area contributed by atoms with E-state index in [2.05, 4.69) is 36.2 Å². The summed E-state index contributed by atoms with van der Waals surface area (Å²) >= 11 is 0. The summed E-state index contributed by atoms with van der Waals surface area (Å²) in [6.45, 7) is 4.19. The molecule has 178 valence electrons. The molecule has 1 heterocycles. The van der Waals surface area contributed by atoms with E-state index in [1.165, 1.54) is 5.56 Å². The molecule has 0 spiro atoms. The van der Waals surface area contributed by atoms with Crippen molar-refractivity contribution in [2.45, 2.75) is 13.8 Å². The minimum Gasteiger partial charge on any atom is -0.494 e.